The van der Waals surface area contributed by atoms with Gasteiger partial charge in [-0.3, -0.25) is 9.69 Å². The van der Waals surface area contributed by atoms with Crippen LogP contribution in [0.15, 0.2) is 53.1 Å². The van der Waals surface area contributed by atoms with Gasteiger partial charge in [0.25, 0.3) is 5.91 Å². The molecule has 9 heteroatoms. The first-order valence-electron chi connectivity index (χ1n) is 10.4. The van der Waals surface area contributed by atoms with E-state index in [1.54, 1.807) is 38.3 Å². The van der Waals surface area contributed by atoms with Gasteiger partial charge < -0.3 is 18.9 Å². The van der Waals surface area contributed by atoms with E-state index < -0.39 is 6.10 Å². The molecule has 4 rings (SSSR count). The van der Waals surface area contributed by atoms with Crippen molar-refractivity contribution in [3.05, 3.63) is 59.4 Å². The Kier molecular flexibility index (Phi) is 6.92. The van der Waals surface area contributed by atoms with Crippen LogP contribution in [0.3, 0.4) is 0 Å². The van der Waals surface area contributed by atoms with Crippen molar-refractivity contribution in [1.82, 2.24) is 19.9 Å². The molecule has 0 saturated carbocycles. The van der Waals surface area contributed by atoms with Crippen LogP contribution in [0.25, 0.3) is 11.4 Å². The van der Waals surface area contributed by atoms with Gasteiger partial charge in [0.15, 0.2) is 6.10 Å². The normalized spacial score (nSPS) is 15.4. The maximum absolute atomic E-state index is 12.8. The van der Waals surface area contributed by atoms with Crippen molar-refractivity contribution in [1.29, 1.82) is 0 Å². The van der Waals surface area contributed by atoms with Crippen molar-refractivity contribution < 1.29 is 18.8 Å². The van der Waals surface area contributed by atoms with Gasteiger partial charge in [-0.1, -0.05) is 22.8 Å². The molecule has 0 aliphatic carbocycles. The maximum Gasteiger partial charge on any atom is 0.263 e. The Morgan fingerprint density at radius 1 is 1.12 bits per heavy atom. The number of hydrogen-bond acceptors (Lipinski definition) is 7. The van der Waals surface area contributed by atoms with Gasteiger partial charge in [0, 0.05) is 36.8 Å². The second-order valence-corrected chi connectivity index (χ2v) is 8.00. The molecule has 1 fully saturated rings. The molecule has 8 nitrogen and oxygen atoms in total. The van der Waals surface area contributed by atoms with E-state index in [9.17, 15) is 4.79 Å². The number of benzene rings is 2. The highest BCUT2D eigenvalue weighted by Crippen LogP contribution is 2.21. The zero-order valence-electron chi connectivity index (χ0n) is 18.0. The molecule has 1 unspecified atom stereocenters. The van der Waals surface area contributed by atoms with Gasteiger partial charge in [-0.2, -0.15) is 4.98 Å². The third-order valence-corrected chi connectivity index (χ3v) is 5.55. The van der Waals surface area contributed by atoms with Crippen molar-refractivity contribution in [3.8, 4) is 22.9 Å². The van der Waals surface area contributed by atoms with Gasteiger partial charge in [-0.25, -0.2) is 0 Å². The van der Waals surface area contributed by atoms with Crippen LogP contribution in [0, 0.1) is 0 Å². The summed E-state index contributed by atoms with van der Waals surface area (Å²) in [5, 5.41) is 4.65. The Morgan fingerprint density at radius 3 is 2.56 bits per heavy atom. The molecular weight excluding hydrogens is 432 g/mol. The Hall–Kier alpha value is -3.10. The number of carbonyl (C=O) groups excluding carboxylic acids is 1. The van der Waals surface area contributed by atoms with Crippen molar-refractivity contribution in [2.45, 2.75) is 19.6 Å². The number of piperazine rings is 1. The van der Waals surface area contributed by atoms with Gasteiger partial charge in [-0.05, 0) is 49.4 Å². The SMILES string of the molecule is COc1ccc(-c2noc(CN3CCN(C(=O)C(C)Oc4cccc(Cl)c4)CC3)n2)cc1. The second kappa shape index (κ2) is 10.0. The number of methoxy groups -OCH3 is 1. The smallest absolute Gasteiger partial charge is 0.263 e. The molecule has 1 aliphatic rings. The molecule has 1 aromatic heterocycles. The molecule has 2 aromatic carbocycles. The summed E-state index contributed by atoms with van der Waals surface area (Å²) in [7, 11) is 1.63. The number of aromatic nitrogens is 2. The summed E-state index contributed by atoms with van der Waals surface area (Å²) >= 11 is 5.98. The fraction of sp³-hybridized carbons (Fsp3) is 0.348. The van der Waals surface area contributed by atoms with Crippen LogP contribution in [-0.2, 0) is 11.3 Å². The molecule has 3 aromatic rings. The highest BCUT2D eigenvalue weighted by molar-refractivity contribution is 6.30. The average molecular weight is 457 g/mol. The van der Waals surface area contributed by atoms with Gasteiger partial charge in [-0.15, -0.1) is 0 Å². The van der Waals surface area contributed by atoms with Crippen LogP contribution < -0.4 is 9.47 Å². The Labute approximate surface area is 191 Å². The van der Waals surface area contributed by atoms with Gasteiger partial charge in [0.2, 0.25) is 11.7 Å². The number of ether oxygens (including phenoxy) is 2. The fourth-order valence-corrected chi connectivity index (χ4v) is 3.73. The summed E-state index contributed by atoms with van der Waals surface area (Å²) in [6, 6.07) is 14.6. The minimum atomic E-state index is -0.581. The molecule has 1 amide bonds. The van der Waals surface area contributed by atoms with Crippen LogP contribution in [0.5, 0.6) is 11.5 Å². The minimum absolute atomic E-state index is 0.0378. The van der Waals surface area contributed by atoms with E-state index >= 15 is 0 Å². The average Bonchev–Trinajstić information content (AvgIpc) is 3.27. The molecule has 0 radical (unpaired) electrons. The van der Waals surface area contributed by atoms with E-state index in [2.05, 4.69) is 15.0 Å². The van der Waals surface area contributed by atoms with E-state index in [0.717, 1.165) is 24.4 Å². The van der Waals surface area contributed by atoms with Gasteiger partial charge >= 0.3 is 0 Å². The molecule has 0 spiro atoms. The lowest BCUT2D eigenvalue weighted by Gasteiger charge is -2.35. The van der Waals surface area contributed by atoms with Crippen molar-refractivity contribution >= 4 is 17.5 Å². The van der Waals surface area contributed by atoms with E-state index in [0.29, 0.717) is 42.1 Å². The largest absolute Gasteiger partial charge is 0.497 e. The molecule has 1 aliphatic heterocycles. The second-order valence-electron chi connectivity index (χ2n) is 7.56. The molecule has 168 valence electrons. The highest BCUT2D eigenvalue weighted by Gasteiger charge is 2.27. The third kappa shape index (κ3) is 5.38. The van der Waals surface area contributed by atoms with Crippen LogP contribution in [0.2, 0.25) is 5.02 Å². The zero-order valence-corrected chi connectivity index (χ0v) is 18.8. The Morgan fingerprint density at radius 2 is 1.88 bits per heavy atom. The van der Waals surface area contributed by atoms with E-state index in [4.69, 9.17) is 25.6 Å². The van der Waals surface area contributed by atoms with Crippen molar-refractivity contribution in [3.63, 3.8) is 0 Å². The summed E-state index contributed by atoms with van der Waals surface area (Å²) in [5.41, 5.74) is 0.866. The molecule has 32 heavy (non-hydrogen) atoms. The summed E-state index contributed by atoms with van der Waals surface area (Å²) in [6.45, 7) is 4.96. The van der Waals surface area contributed by atoms with E-state index in [-0.39, 0.29) is 5.91 Å². The van der Waals surface area contributed by atoms with Crippen LogP contribution in [-0.4, -0.2) is 65.2 Å². The number of halogens is 1. The summed E-state index contributed by atoms with van der Waals surface area (Å²) in [6.07, 6.45) is -0.581. The van der Waals surface area contributed by atoms with E-state index in [1.807, 2.05) is 29.2 Å². The molecule has 0 bridgehead atoms. The minimum Gasteiger partial charge on any atom is -0.497 e. The number of carbonyl (C=O) groups is 1. The van der Waals surface area contributed by atoms with Gasteiger partial charge in [0.05, 0.1) is 13.7 Å². The lowest BCUT2D eigenvalue weighted by molar-refractivity contribution is -0.139. The molecular formula is C23H25ClN4O4. The predicted molar refractivity (Wildman–Crippen MR) is 120 cm³/mol. The number of amides is 1. The Balaban J connectivity index is 1.27. The monoisotopic (exact) mass is 456 g/mol. The van der Waals surface area contributed by atoms with E-state index in [1.165, 1.54) is 0 Å². The predicted octanol–water partition coefficient (Wildman–Crippen LogP) is 3.51. The molecule has 1 atom stereocenters. The first kappa shape index (κ1) is 22.1. The number of nitrogens with zero attached hydrogens (tertiary/aromatic N) is 4. The lowest BCUT2D eigenvalue weighted by atomic mass is 10.2. The standard InChI is InChI=1S/C23H25ClN4O4/c1-16(31-20-5-3-4-18(24)14-20)23(29)28-12-10-27(11-13-28)15-21-25-22(26-32-21)17-6-8-19(30-2)9-7-17/h3-9,14,16H,10-13,15H2,1-2H3. The lowest BCUT2D eigenvalue weighted by Crippen LogP contribution is -2.51. The Bertz CT molecular complexity index is 1050. The fourth-order valence-electron chi connectivity index (χ4n) is 3.55. The highest BCUT2D eigenvalue weighted by atomic mass is 35.5. The van der Waals surface area contributed by atoms with Crippen LogP contribution in [0.1, 0.15) is 12.8 Å². The quantitative estimate of drug-likeness (QED) is 0.538. The summed E-state index contributed by atoms with van der Waals surface area (Å²) in [5.74, 6) is 2.42. The first-order chi connectivity index (χ1) is 15.5. The molecule has 1 saturated heterocycles. The summed E-state index contributed by atoms with van der Waals surface area (Å²) < 4.78 is 16.4. The number of rotatable bonds is 7. The van der Waals surface area contributed by atoms with Crippen molar-refractivity contribution in [2.24, 2.45) is 0 Å². The molecule has 2 heterocycles. The summed E-state index contributed by atoms with van der Waals surface area (Å²) in [4.78, 5) is 21.3. The third-order valence-electron chi connectivity index (χ3n) is 5.32. The van der Waals surface area contributed by atoms with Crippen LogP contribution >= 0.6 is 11.6 Å². The topological polar surface area (TPSA) is 80.9 Å². The number of hydrogen-bond donors (Lipinski definition) is 0. The van der Waals surface area contributed by atoms with Crippen LogP contribution in [0.4, 0.5) is 0 Å². The molecule has 0 N–H and O–H groups in total. The first-order valence-corrected chi connectivity index (χ1v) is 10.8. The van der Waals surface area contributed by atoms with Crippen molar-refractivity contribution in [2.75, 3.05) is 33.3 Å². The van der Waals surface area contributed by atoms with Gasteiger partial charge in [0.1, 0.15) is 11.5 Å². The zero-order chi connectivity index (χ0) is 22.5. The maximum atomic E-state index is 12.8.